The third-order valence-corrected chi connectivity index (χ3v) is 5.36. The number of anilines is 1. The molecule has 6 nitrogen and oxygen atoms in total. The molecule has 2 N–H and O–H groups in total. The highest BCUT2D eigenvalue weighted by molar-refractivity contribution is 6.01. The molecule has 2 bridgehead atoms. The average molecular weight is 333 g/mol. The number of methoxy groups -OCH3 is 2. The van der Waals surface area contributed by atoms with E-state index in [1.807, 2.05) is 0 Å². The summed E-state index contributed by atoms with van der Waals surface area (Å²) in [6.45, 7) is 0. The number of carbonyl (C=O) groups excluding carboxylic acids is 1. The number of benzene rings is 1. The fourth-order valence-electron chi connectivity index (χ4n) is 4.23. The minimum atomic E-state index is -1.12. The first-order valence-electron chi connectivity index (χ1n) is 8.31. The second-order valence-electron chi connectivity index (χ2n) is 6.75. The van der Waals surface area contributed by atoms with Crippen LogP contribution < -0.4 is 14.8 Å². The van der Waals surface area contributed by atoms with Gasteiger partial charge in [-0.05, 0) is 37.0 Å². The van der Waals surface area contributed by atoms with E-state index < -0.39 is 5.97 Å². The molecule has 24 heavy (non-hydrogen) atoms. The van der Waals surface area contributed by atoms with Crippen molar-refractivity contribution in [2.75, 3.05) is 19.5 Å². The lowest BCUT2D eigenvalue weighted by Crippen LogP contribution is -2.21. The summed E-state index contributed by atoms with van der Waals surface area (Å²) in [6.07, 6.45) is 5.33. The van der Waals surface area contributed by atoms with Crippen LogP contribution in [0.4, 0.5) is 5.69 Å². The Bertz CT molecular complexity index is 657. The van der Waals surface area contributed by atoms with Gasteiger partial charge in [0.2, 0.25) is 5.91 Å². The number of carboxylic acid groups (broad SMARTS) is 1. The smallest absolute Gasteiger partial charge is 0.337 e. The second kappa shape index (κ2) is 6.71. The van der Waals surface area contributed by atoms with Crippen molar-refractivity contribution in [1.82, 2.24) is 0 Å². The Kier molecular flexibility index (Phi) is 4.64. The Morgan fingerprint density at radius 1 is 1.17 bits per heavy atom. The number of rotatable bonds is 6. The summed E-state index contributed by atoms with van der Waals surface area (Å²) in [6, 6.07) is 2.87. The number of amides is 1. The number of hydrogen-bond donors (Lipinski definition) is 2. The van der Waals surface area contributed by atoms with Gasteiger partial charge in [-0.1, -0.05) is 6.42 Å². The molecule has 3 rings (SSSR count). The predicted molar refractivity (Wildman–Crippen MR) is 88.7 cm³/mol. The zero-order valence-electron chi connectivity index (χ0n) is 14.0. The first kappa shape index (κ1) is 16.6. The Labute approximate surface area is 141 Å². The molecular weight excluding hydrogens is 310 g/mol. The van der Waals surface area contributed by atoms with E-state index in [4.69, 9.17) is 9.47 Å². The quantitative estimate of drug-likeness (QED) is 0.835. The highest BCUT2D eigenvalue weighted by Gasteiger charge is 2.40. The van der Waals surface area contributed by atoms with Crippen molar-refractivity contribution in [1.29, 1.82) is 0 Å². The zero-order chi connectivity index (χ0) is 17.3. The monoisotopic (exact) mass is 333 g/mol. The normalized spacial score (nSPS) is 24.7. The summed E-state index contributed by atoms with van der Waals surface area (Å²) in [5.74, 6) is 1.32. The van der Waals surface area contributed by atoms with E-state index in [9.17, 15) is 14.7 Å². The van der Waals surface area contributed by atoms with Crippen molar-refractivity contribution in [2.45, 2.75) is 32.1 Å². The van der Waals surface area contributed by atoms with Gasteiger partial charge in [-0.2, -0.15) is 0 Å². The van der Waals surface area contributed by atoms with Gasteiger partial charge in [-0.15, -0.1) is 0 Å². The summed E-state index contributed by atoms with van der Waals surface area (Å²) in [5.41, 5.74) is 0.238. The van der Waals surface area contributed by atoms with Gasteiger partial charge in [0, 0.05) is 18.6 Å². The summed E-state index contributed by atoms with van der Waals surface area (Å²) < 4.78 is 10.3. The number of ether oxygens (including phenoxy) is 2. The van der Waals surface area contributed by atoms with Gasteiger partial charge < -0.3 is 19.9 Å². The highest BCUT2D eigenvalue weighted by Crippen LogP contribution is 2.49. The molecule has 0 aromatic heterocycles. The van der Waals surface area contributed by atoms with Crippen LogP contribution in [0, 0.1) is 17.8 Å². The number of aromatic carboxylic acids is 1. The van der Waals surface area contributed by atoms with Crippen LogP contribution >= 0.6 is 0 Å². The van der Waals surface area contributed by atoms with Gasteiger partial charge in [-0.3, -0.25) is 4.79 Å². The van der Waals surface area contributed by atoms with Crippen molar-refractivity contribution in [2.24, 2.45) is 17.8 Å². The van der Waals surface area contributed by atoms with Gasteiger partial charge in [-0.25, -0.2) is 4.79 Å². The van der Waals surface area contributed by atoms with Crippen LogP contribution in [0.15, 0.2) is 12.1 Å². The second-order valence-corrected chi connectivity index (χ2v) is 6.75. The lowest BCUT2D eigenvalue weighted by Gasteiger charge is -2.21. The van der Waals surface area contributed by atoms with Gasteiger partial charge in [0.25, 0.3) is 0 Å². The number of nitrogens with one attached hydrogen (secondary N) is 1. The van der Waals surface area contributed by atoms with Crippen LogP contribution in [0.25, 0.3) is 0 Å². The van der Waals surface area contributed by atoms with Crippen molar-refractivity contribution < 1.29 is 24.2 Å². The largest absolute Gasteiger partial charge is 0.493 e. The summed E-state index contributed by atoms with van der Waals surface area (Å²) in [5, 5.41) is 12.1. The van der Waals surface area contributed by atoms with Gasteiger partial charge in [0.1, 0.15) is 0 Å². The molecule has 0 aliphatic heterocycles. The topological polar surface area (TPSA) is 84.9 Å². The minimum absolute atomic E-state index is 0.00561. The van der Waals surface area contributed by atoms with Gasteiger partial charge in [0.05, 0.1) is 25.5 Å². The van der Waals surface area contributed by atoms with Crippen LogP contribution in [-0.4, -0.2) is 31.2 Å². The van der Waals surface area contributed by atoms with Gasteiger partial charge >= 0.3 is 5.97 Å². The molecule has 2 saturated carbocycles. The fourth-order valence-corrected chi connectivity index (χ4v) is 4.23. The first-order valence-corrected chi connectivity index (χ1v) is 8.31. The van der Waals surface area contributed by atoms with E-state index in [0.29, 0.717) is 29.8 Å². The molecule has 6 heteroatoms. The molecular formula is C18H23NO5. The highest BCUT2D eigenvalue weighted by atomic mass is 16.5. The number of fused-ring (bicyclic) bond motifs is 2. The molecule has 0 spiro atoms. The third-order valence-electron chi connectivity index (χ3n) is 5.36. The van der Waals surface area contributed by atoms with Crippen molar-refractivity contribution in [3.63, 3.8) is 0 Å². The molecule has 0 unspecified atom stereocenters. The maximum atomic E-state index is 12.4. The van der Waals surface area contributed by atoms with Gasteiger partial charge in [0.15, 0.2) is 11.5 Å². The van der Waals surface area contributed by atoms with Crippen LogP contribution in [0.3, 0.4) is 0 Å². The van der Waals surface area contributed by atoms with E-state index >= 15 is 0 Å². The van der Waals surface area contributed by atoms with Crippen molar-refractivity contribution in [3.8, 4) is 11.5 Å². The zero-order valence-corrected chi connectivity index (χ0v) is 14.0. The molecule has 130 valence electrons. The maximum absolute atomic E-state index is 12.4. The Morgan fingerprint density at radius 3 is 2.42 bits per heavy atom. The molecule has 1 aromatic rings. The van der Waals surface area contributed by atoms with E-state index in [2.05, 4.69) is 5.32 Å². The van der Waals surface area contributed by atoms with E-state index in [-0.39, 0.29) is 17.2 Å². The molecule has 0 heterocycles. The summed E-state index contributed by atoms with van der Waals surface area (Å²) in [7, 11) is 2.91. The molecule has 2 aliphatic carbocycles. The molecule has 1 aromatic carbocycles. The van der Waals surface area contributed by atoms with Crippen LogP contribution in [0.1, 0.15) is 42.5 Å². The number of carboxylic acids is 1. The van der Waals surface area contributed by atoms with E-state index in [1.54, 1.807) is 0 Å². The summed E-state index contributed by atoms with van der Waals surface area (Å²) in [4.78, 5) is 23.9. The van der Waals surface area contributed by atoms with Crippen LogP contribution in [0.2, 0.25) is 0 Å². The molecule has 2 fully saturated rings. The standard InChI is InChI=1S/C18H23NO5/c1-23-15-8-13(18(21)22)14(9-16(15)24-2)19-17(20)7-12-6-10-3-4-11(12)5-10/h8-12H,3-7H2,1-2H3,(H,19,20)(H,21,22)/t10-,11+,12-/m0/s1. The average Bonchev–Trinajstić information content (AvgIpc) is 3.16. The molecule has 0 saturated heterocycles. The Hall–Kier alpha value is -2.24. The fraction of sp³-hybridized carbons (Fsp3) is 0.556. The minimum Gasteiger partial charge on any atom is -0.493 e. The molecule has 2 aliphatic rings. The van der Waals surface area contributed by atoms with E-state index in [1.165, 1.54) is 45.6 Å². The van der Waals surface area contributed by atoms with Crippen molar-refractivity contribution in [3.05, 3.63) is 17.7 Å². The van der Waals surface area contributed by atoms with E-state index in [0.717, 1.165) is 12.3 Å². The lowest BCUT2D eigenvalue weighted by molar-refractivity contribution is -0.117. The molecule has 0 radical (unpaired) electrons. The van der Waals surface area contributed by atoms with Crippen molar-refractivity contribution >= 4 is 17.6 Å². The lowest BCUT2D eigenvalue weighted by atomic mass is 9.86. The SMILES string of the molecule is COc1cc(NC(=O)C[C@@H]2C[C@H]3CC[C@@H]2C3)c(C(=O)O)cc1OC. The Balaban J connectivity index is 1.75. The molecule has 3 atom stereocenters. The molecule has 1 amide bonds. The number of hydrogen-bond acceptors (Lipinski definition) is 4. The first-order chi connectivity index (χ1) is 11.5. The van der Waals surface area contributed by atoms with Crippen LogP contribution in [0.5, 0.6) is 11.5 Å². The summed E-state index contributed by atoms with van der Waals surface area (Å²) >= 11 is 0. The Morgan fingerprint density at radius 2 is 1.88 bits per heavy atom. The maximum Gasteiger partial charge on any atom is 0.337 e. The predicted octanol–water partition coefficient (Wildman–Crippen LogP) is 3.17. The number of carbonyl (C=O) groups is 2. The third kappa shape index (κ3) is 3.18. The van der Waals surface area contributed by atoms with Crippen LogP contribution in [-0.2, 0) is 4.79 Å².